The van der Waals surface area contributed by atoms with Crippen molar-refractivity contribution in [3.63, 3.8) is 0 Å². The topological polar surface area (TPSA) is 57.7 Å². The Labute approximate surface area is 170 Å². The minimum atomic E-state index is -0.316. The number of nitrogens with zero attached hydrogens (tertiary/aromatic N) is 2. The van der Waals surface area contributed by atoms with E-state index in [9.17, 15) is 14.4 Å². The fraction of sp³-hybridized carbons (Fsp3) is 0.375. The second kappa shape index (κ2) is 7.14. The molecule has 2 aromatic rings. The molecule has 2 heterocycles. The number of amides is 3. The summed E-state index contributed by atoms with van der Waals surface area (Å²) in [6.07, 6.45) is 6.24. The molecule has 3 aliphatic rings. The number of piperidine rings is 1. The van der Waals surface area contributed by atoms with Gasteiger partial charge in [-0.15, -0.1) is 0 Å². The molecular weight excluding hydrogens is 364 g/mol. The van der Waals surface area contributed by atoms with Crippen LogP contribution < -0.4 is 4.90 Å². The summed E-state index contributed by atoms with van der Waals surface area (Å²) >= 11 is 0. The van der Waals surface area contributed by atoms with Crippen molar-refractivity contribution in [1.29, 1.82) is 0 Å². The average molecular weight is 388 g/mol. The van der Waals surface area contributed by atoms with E-state index in [-0.39, 0.29) is 17.7 Å². The maximum atomic E-state index is 13.0. The number of benzene rings is 2. The van der Waals surface area contributed by atoms with Gasteiger partial charge in [-0.1, -0.05) is 31.4 Å². The van der Waals surface area contributed by atoms with Crippen LogP contribution in [0.4, 0.5) is 5.69 Å². The Morgan fingerprint density at radius 3 is 2.07 bits per heavy atom. The van der Waals surface area contributed by atoms with Gasteiger partial charge in [0.05, 0.1) is 16.8 Å². The van der Waals surface area contributed by atoms with Gasteiger partial charge < -0.3 is 4.90 Å². The lowest BCUT2D eigenvalue weighted by Crippen LogP contribution is -2.44. The van der Waals surface area contributed by atoms with Gasteiger partial charge in [-0.25, -0.2) is 4.90 Å². The van der Waals surface area contributed by atoms with Crippen molar-refractivity contribution in [3.8, 4) is 0 Å². The van der Waals surface area contributed by atoms with E-state index in [2.05, 4.69) is 0 Å². The molecule has 3 amide bonds. The molecule has 1 aliphatic carbocycles. The van der Waals surface area contributed by atoms with Gasteiger partial charge in [0, 0.05) is 18.7 Å². The first kappa shape index (κ1) is 18.1. The van der Waals surface area contributed by atoms with Gasteiger partial charge >= 0.3 is 0 Å². The first-order valence-corrected chi connectivity index (χ1v) is 10.5. The van der Waals surface area contributed by atoms with Crippen molar-refractivity contribution in [1.82, 2.24) is 4.90 Å². The Bertz CT molecular complexity index is 947. The lowest BCUT2D eigenvalue weighted by atomic mass is 9.75. The molecule has 2 fully saturated rings. The molecule has 2 aliphatic heterocycles. The number of hydrogen-bond donors (Lipinski definition) is 0. The van der Waals surface area contributed by atoms with Crippen molar-refractivity contribution in [2.75, 3.05) is 18.0 Å². The normalized spacial score (nSPS) is 23.7. The van der Waals surface area contributed by atoms with E-state index in [1.165, 1.54) is 30.6 Å². The van der Waals surface area contributed by atoms with E-state index in [0.717, 1.165) is 25.4 Å². The standard InChI is InChI=1S/C24H24N2O3/c27-22(25-14-13-16-5-1-2-6-18(16)15-25)17-9-11-19(12-10-17)26-23(28)20-7-3-4-8-21(20)24(26)29/h3-4,7-12,16,18H,1-2,5-6,13-15H2/t16-,18-/m0/s1. The molecular formula is C24H24N2O3. The predicted molar refractivity (Wildman–Crippen MR) is 110 cm³/mol. The highest BCUT2D eigenvalue weighted by molar-refractivity contribution is 6.34. The van der Waals surface area contributed by atoms with Crippen LogP contribution in [0.2, 0.25) is 0 Å². The molecule has 2 aromatic carbocycles. The second-order valence-electron chi connectivity index (χ2n) is 8.38. The van der Waals surface area contributed by atoms with Gasteiger partial charge in [0.15, 0.2) is 0 Å². The molecule has 148 valence electrons. The molecule has 1 saturated carbocycles. The second-order valence-corrected chi connectivity index (χ2v) is 8.38. The van der Waals surface area contributed by atoms with Crippen LogP contribution in [-0.4, -0.2) is 35.7 Å². The molecule has 29 heavy (non-hydrogen) atoms. The first-order chi connectivity index (χ1) is 14.1. The lowest BCUT2D eigenvalue weighted by molar-refractivity contribution is 0.0521. The zero-order chi connectivity index (χ0) is 20.0. The number of imide groups is 1. The SMILES string of the molecule is O=C(c1ccc(N2C(=O)c3ccccc3C2=O)cc1)N1CC[C@@H]2CCCC[C@H]2C1. The maximum absolute atomic E-state index is 13.0. The highest BCUT2D eigenvalue weighted by Crippen LogP contribution is 2.36. The fourth-order valence-electron chi connectivity index (χ4n) is 5.14. The Balaban J connectivity index is 1.33. The van der Waals surface area contributed by atoms with Gasteiger partial charge in [-0.3, -0.25) is 14.4 Å². The zero-order valence-corrected chi connectivity index (χ0v) is 16.3. The molecule has 5 nitrogen and oxygen atoms in total. The first-order valence-electron chi connectivity index (χ1n) is 10.5. The molecule has 0 N–H and O–H groups in total. The average Bonchev–Trinajstić information content (AvgIpc) is 3.03. The van der Waals surface area contributed by atoms with Crippen LogP contribution >= 0.6 is 0 Å². The van der Waals surface area contributed by atoms with E-state index < -0.39 is 0 Å². The van der Waals surface area contributed by atoms with Crippen LogP contribution in [0.3, 0.4) is 0 Å². The number of anilines is 1. The molecule has 0 unspecified atom stereocenters. The van der Waals surface area contributed by atoms with Crippen LogP contribution in [0.15, 0.2) is 48.5 Å². The number of fused-ring (bicyclic) bond motifs is 2. The Kier molecular flexibility index (Phi) is 4.46. The molecule has 0 radical (unpaired) electrons. The highest BCUT2D eigenvalue weighted by Gasteiger charge is 2.37. The van der Waals surface area contributed by atoms with Crippen LogP contribution in [-0.2, 0) is 0 Å². The highest BCUT2D eigenvalue weighted by atomic mass is 16.2. The van der Waals surface area contributed by atoms with Gasteiger partial charge in [0.25, 0.3) is 17.7 Å². The minimum Gasteiger partial charge on any atom is -0.338 e. The quantitative estimate of drug-likeness (QED) is 0.727. The van der Waals surface area contributed by atoms with E-state index in [1.807, 2.05) is 4.90 Å². The van der Waals surface area contributed by atoms with E-state index in [0.29, 0.717) is 28.3 Å². The molecule has 0 spiro atoms. The maximum Gasteiger partial charge on any atom is 0.266 e. The molecule has 5 heteroatoms. The summed E-state index contributed by atoms with van der Waals surface area (Å²) in [5, 5.41) is 0. The fourth-order valence-corrected chi connectivity index (χ4v) is 5.14. The smallest absolute Gasteiger partial charge is 0.266 e. The van der Waals surface area contributed by atoms with E-state index >= 15 is 0 Å². The molecule has 5 rings (SSSR count). The monoisotopic (exact) mass is 388 g/mol. The van der Waals surface area contributed by atoms with E-state index in [4.69, 9.17) is 0 Å². The van der Waals surface area contributed by atoms with Crippen molar-refractivity contribution in [2.45, 2.75) is 32.1 Å². The summed E-state index contributed by atoms with van der Waals surface area (Å²) in [7, 11) is 0. The number of rotatable bonds is 2. The van der Waals surface area contributed by atoms with Gasteiger partial charge in [-0.05, 0) is 61.1 Å². The molecule has 0 bridgehead atoms. The molecule has 1 saturated heterocycles. The third-order valence-corrected chi connectivity index (χ3v) is 6.74. The van der Waals surface area contributed by atoms with Gasteiger partial charge in [0.1, 0.15) is 0 Å². The van der Waals surface area contributed by atoms with Crippen LogP contribution in [0.5, 0.6) is 0 Å². The van der Waals surface area contributed by atoms with Crippen LogP contribution in [0.1, 0.15) is 63.2 Å². The Hall–Kier alpha value is -2.95. The third-order valence-electron chi connectivity index (χ3n) is 6.74. The lowest BCUT2D eigenvalue weighted by Gasteiger charge is -2.41. The summed E-state index contributed by atoms with van der Waals surface area (Å²) in [6, 6.07) is 13.7. The van der Waals surface area contributed by atoms with Crippen molar-refractivity contribution in [3.05, 3.63) is 65.2 Å². The predicted octanol–water partition coefficient (Wildman–Crippen LogP) is 4.14. The number of carbonyl (C=O) groups excluding carboxylic acids is 3. The van der Waals surface area contributed by atoms with Gasteiger partial charge in [-0.2, -0.15) is 0 Å². The summed E-state index contributed by atoms with van der Waals surface area (Å²) in [5.74, 6) is 0.832. The molecule has 0 aromatic heterocycles. The van der Waals surface area contributed by atoms with Crippen LogP contribution in [0.25, 0.3) is 0 Å². The van der Waals surface area contributed by atoms with Crippen LogP contribution in [0, 0.1) is 11.8 Å². The number of hydrogen-bond acceptors (Lipinski definition) is 3. The summed E-state index contributed by atoms with van der Waals surface area (Å²) in [6.45, 7) is 1.67. The summed E-state index contributed by atoms with van der Waals surface area (Å²) in [4.78, 5) is 41.4. The summed E-state index contributed by atoms with van der Waals surface area (Å²) in [5.41, 5.74) is 1.96. The van der Waals surface area contributed by atoms with Crippen molar-refractivity contribution >= 4 is 23.4 Å². The third kappa shape index (κ3) is 3.05. The largest absolute Gasteiger partial charge is 0.338 e. The number of likely N-dealkylation sites (tertiary alicyclic amines) is 1. The zero-order valence-electron chi connectivity index (χ0n) is 16.3. The van der Waals surface area contributed by atoms with E-state index in [1.54, 1.807) is 48.5 Å². The molecule has 2 atom stereocenters. The van der Waals surface area contributed by atoms with Crippen molar-refractivity contribution < 1.29 is 14.4 Å². The Morgan fingerprint density at radius 1 is 0.793 bits per heavy atom. The number of carbonyl (C=O) groups is 3. The summed E-state index contributed by atoms with van der Waals surface area (Å²) < 4.78 is 0. The van der Waals surface area contributed by atoms with Crippen molar-refractivity contribution in [2.24, 2.45) is 11.8 Å². The van der Waals surface area contributed by atoms with Gasteiger partial charge in [0.2, 0.25) is 0 Å². The Morgan fingerprint density at radius 2 is 1.41 bits per heavy atom. The minimum absolute atomic E-state index is 0.0444.